The topological polar surface area (TPSA) is 490 Å². The molecule has 3 aliphatic rings. The fourth-order valence-electron chi connectivity index (χ4n) is 10.8. The first kappa shape index (κ1) is 74.2. The second kappa shape index (κ2) is 34.0. The maximum Gasteiger partial charge on any atom is 1.00 e. The standard InChI is InChI=1S/C58H73N11O22S2.Na/c1-27-24-68-46(47(27)76)54(83)60-23-33(71)20-36(61-50(79)30-9-7-29(8-10-30)37-26-69-58(62-37)92-55(66-69)31-11-14-35(15-12-31)88-18-6-4-5-17-87-3)51(80)63-43(28(2)70)56(84)67-25-34(72)21-38(67)52(81)65-45(53(82)64-44(57(68)85)40(74)22-42(59)75)49(78)48(77)32-13-16-39(73)41(19-32)89-93-91-90-86;/h7-16,19,26-28,33-34,36,38,40,43-49,70-74,76-78,86H,4-6,17-18,20-25H2,1-3H3,(H2,59,75)(H,60,83)(H,61,79)(H,63,80)(H,64,82)(H,65,81);/q;+1/p-1/t27?,28?,33?,34?,36-,38?,40?,43?,44?,45?,46?,47?,48?,49?;/m0./s1. The van der Waals surface area contributed by atoms with Gasteiger partial charge in [0, 0.05) is 68.8 Å². The van der Waals surface area contributed by atoms with Crippen LogP contribution in [0.15, 0.2) is 72.9 Å². The van der Waals surface area contributed by atoms with Crippen LogP contribution in [0.2, 0.25) is 0 Å². The molecular formula is C58H72N11NaO22S2. The van der Waals surface area contributed by atoms with Crippen LogP contribution in [0.25, 0.3) is 26.8 Å². The third kappa shape index (κ3) is 18.4. The van der Waals surface area contributed by atoms with Crippen LogP contribution in [0.3, 0.4) is 0 Å². The number of hydrogen-bond acceptors (Lipinski definition) is 26. The van der Waals surface area contributed by atoms with Crippen LogP contribution in [0.5, 0.6) is 17.2 Å². The second-order valence-corrected chi connectivity index (χ2v) is 24.0. The molecule has 0 spiro atoms. The van der Waals surface area contributed by atoms with Crippen LogP contribution in [0.4, 0.5) is 0 Å². The van der Waals surface area contributed by atoms with Crippen LogP contribution in [-0.4, -0.2) is 225 Å². The number of aliphatic hydroxyl groups excluding tert-OH is 7. The summed E-state index contributed by atoms with van der Waals surface area (Å²) in [6.07, 6.45) is -11.7. The number of aliphatic hydroxyl groups is 7. The Balaban J connectivity index is 0.0000125. The van der Waals surface area contributed by atoms with Crippen molar-refractivity contribution in [2.75, 3.05) is 40.0 Å². The summed E-state index contributed by atoms with van der Waals surface area (Å²) in [5.41, 5.74) is 6.92. The first-order chi connectivity index (χ1) is 44.4. The fourth-order valence-corrected chi connectivity index (χ4v) is 12.0. The Labute approximate surface area is 566 Å². The van der Waals surface area contributed by atoms with Gasteiger partial charge in [-0.15, -0.1) is 4.33 Å². The summed E-state index contributed by atoms with van der Waals surface area (Å²) in [7, 11) is 1.67. The Bertz CT molecular complexity index is 3430. The van der Waals surface area contributed by atoms with Crippen molar-refractivity contribution in [2.24, 2.45) is 11.7 Å². The van der Waals surface area contributed by atoms with E-state index in [2.05, 4.69) is 36.0 Å². The molecular weight excluding hydrogens is 1290 g/mol. The predicted octanol–water partition coefficient (Wildman–Crippen LogP) is -6.49. The number of primary amides is 1. The zero-order valence-corrected chi connectivity index (χ0v) is 54.8. The molecule has 15 N–H and O–H groups in total. The average molecular weight is 1360 g/mol. The molecule has 3 aromatic carbocycles. The monoisotopic (exact) mass is 1360 g/mol. The number of imidazole rings is 1. The zero-order chi connectivity index (χ0) is 67.4. The van der Waals surface area contributed by atoms with E-state index in [4.69, 9.17) is 29.5 Å². The van der Waals surface area contributed by atoms with Gasteiger partial charge in [-0.2, -0.15) is 5.10 Å². The van der Waals surface area contributed by atoms with Crippen LogP contribution < -0.4 is 76.1 Å². The molecule has 0 radical (unpaired) electrons. The number of amides is 8. The molecule has 5 aromatic rings. The molecule has 14 atom stereocenters. The molecule has 94 heavy (non-hydrogen) atoms. The van der Waals surface area contributed by atoms with Gasteiger partial charge in [-0.3, -0.25) is 43.4 Å². The van der Waals surface area contributed by atoms with Gasteiger partial charge in [-0.05, 0) is 80.3 Å². The number of ether oxygens (including phenoxy) is 2. The van der Waals surface area contributed by atoms with Crippen molar-refractivity contribution >= 4 is 75.9 Å². The van der Waals surface area contributed by atoms with Crippen molar-refractivity contribution in [2.45, 2.75) is 131 Å². The minimum atomic E-state index is -2.54. The Morgan fingerprint density at radius 3 is 2.16 bits per heavy atom. The minimum absolute atomic E-state index is 0. The Kier molecular flexibility index (Phi) is 26.8. The Morgan fingerprint density at radius 1 is 0.819 bits per heavy atom. The maximum absolute atomic E-state index is 14.7. The van der Waals surface area contributed by atoms with Crippen molar-refractivity contribution in [3.63, 3.8) is 0 Å². The number of hydrogen-bond donors (Lipinski definition) is 14. The van der Waals surface area contributed by atoms with Crippen LogP contribution in [-0.2, 0) is 47.7 Å². The van der Waals surface area contributed by atoms with E-state index in [9.17, 15) is 84.5 Å². The van der Waals surface area contributed by atoms with Gasteiger partial charge in [-0.1, -0.05) is 36.5 Å². The van der Waals surface area contributed by atoms with E-state index < -0.39 is 183 Å². The van der Waals surface area contributed by atoms with Crippen molar-refractivity contribution < 1.29 is 137 Å². The summed E-state index contributed by atoms with van der Waals surface area (Å²) in [6.45, 7) is 1.94. The molecule has 3 fully saturated rings. The van der Waals surface area contributed by atoms with Gasteiger partial charge in [0.2, 0.25) is 46.3 Å². The normalized spacial score (nSPS) is 24.7. The molecule has 504 valence electrons. The van der Waals surface area contributed by atoms with Crippen molar-refractivity contribution in [3.05, 3.63) is 84.1 Å². The summed E-state index contributed by atoms with van der Waals surface area (Å²) < 4.78 is 21.6. The number of fused-ring (bicyclic) bond motifs is 3. The number of unbranched alkanes of at least 4 members (excludes halogenated alkanes) is 2. The van der Waals surface area contributed by atoms with Crippen molar-refractivity contribution in [1.82, 2.24) is 51.0 Å². The summed E-state index contributed by atoms with van der Waals surface area (Å²) in [5.74, 6) is -11.3. The number of aromatic hydroxyl groups is 1. The van der Waals surface area contributed by atoms with Gasteiger partial charge in [0.25, 0.3) is 18.2 Å². The number of rotatable bonds is 22. The molecule has 0 aliphatic carbocycles. The van der Waals surface area contributed by atoms with Gasteiger partial charge < -0.3 is 102 Å². The van der Waals surface area contributed by atoms with Crippen LogP contribution in [0.1, 0.15) is 74.4 Å². The number of nitrogens with two attached hydrogens (primary N) is 1. The molecule has 36 heteroatoms. The summed E-state index contributed by atoms with van der Waals surface area (Å²) >= 11 is 1.25. The molecule has 13 unspecified atom stereocenters. The Morgan fingerprint density at radius 2 is 1.49 bits per heavy atom. The number of nitrogens with one attached hydrogen (secondary N) is 5. The number of nitrogens with zero attached hydrogens (tertiary/aromatic N) is 5. The SMILES string of the molecule is COCCCCCOc1ccc(-c2nn3cc(-c4ccc(C(=O)N[C@H]5CC(O)CNC(=O)C6C(O)C(C)CN6C(=O)C(C(O)CC(N)=O)NC(=O)C(C(O)C(O)c6ccc(O)c(OSOO[O-])c6)NC(=O)C6CC(O)CN6C(=O)C(C(C)O)NC5=O)cc4)nc3s2)cc1.[Na+]. The first-order valence-electron chi connectivity index (χ1n) is 29.3. The number of carbonyl (C=O) groups excluding carboxylic acids is 8. The third-order valence-corrected chi connectivity index (χ3v) is 17.1. The molecule has 3 saturated heterocycles. The van der Waals surface area contributed by atoms with Gasteiger partial charge in [0.1, 0.15) is 59.2 Å². The molecule has 5 heterocycles. The fraction of sp³-hybridized carbons (Fsp3) is 0.483. The summed E-state index contributed by atoms with van der Waals surface area (Å²) in [5, 5.41) is 121. The molecule has 8 amide bonds. The predicted molar refractivity (Wildman–Crippen MR) is 321 cm³/mol. The average Bonchev–Trinajstić information content (AvgIpc) is 1.63. The number of benzene rings is 3. The number of phenolic OH excluding ortho intramolecular Hbond substituents is 1. The number of aromatic nitrogens is 3. The molecule has 33 nitrogen and oxygen atoms in total. The van der Waals surface area contributed by atoms with Crippen molar-refractivity contribution in [1.29, 1.82) is 0 Å². The number of carbonyl (C=O) groups is 8. The molecule has 3 aliphatic heterocycles. The van der Waals surface area contributed by atoms with E-state index >= 15 is 0 Å². The first-order valence-corrected chi connectivity index (χ1v) is 30.8. The van der Waals surface area contributed by atoms with E-state index in [0.717, 1.165) is 65.5 Å². The van der Waals surface area contributed by atoms with Gasteiger partial charge >= 0.3 is 29.6 Å². The molecule has 2 aromatic heterocycles. The molecule has 0 bridgehead atoms. The quantitative estimate of drug-likeness (QED) is 0.0101. The van der Waals surface area contributed by atoms with E-state index in [1.54, 1.807) is 30.0 Å². The van der Waals surface area contributed by atoms with E-state index in [1.165, 1.54) is 30.4 Å². The maximum atomic E-state index is 14.7. The van der Waals surface area contributed by atoms with E-state index in [-0.39, 0.29) is 53.0 Å². The van der Waals surface area contributed by atoms with Crippen LogP contribution >= 0.6 is 23.7 Å². The van der Waals surface area contributed by atoms with Gasteiger partial charge in [0.15, 0.2) is 11.5 Å². The van der Waals surface area contributed by atoms with Gasteiger partial charge in [0.05, 0.1) is 55.4 Å². The smallest absolute Gasteiger partial charge is 0.691 e. The van der Waals surface area contributed by atoms with Crippen molar-refractivity contribution in [3.8, 4) is 39.1 Å². The summed E-state index contributed by atoms with van der Waals surface area (Å²) in [6, 6.07) is 4.08. The zero-order valence-electron chi connectivity index (χ0n) is 51.2. The van der Waals surface area contributed by atoms with E-state index in [0.29, 0.717) is 34.4 Å². The molecule has 8 rings (SSSR count). The van der Waals surface area contributed by atoms with Crippen LogP contribution in [0, 0.1) is 5.92 Å². The number of phenols is 1. The summed E-state index contributed by atoms with van der Waals surface area (Å²) in [4.78, 5) is 120. The molecule has 0 saturated carbocycles. The minimum Gasteiger partial charge on any atom is -0.691 e. The van der Waals surface area contributed by atoms with Gasteiger partial charge in [-0.25, -0.2) is 9.50 Å². The third-order valence-electron chi connectivity index (χ3n) is 15.8. The number of methoxy groups -OCH3 is 1. The Hall–Kier alpha value is -7.17. The largest absolute Gasteiger partial charge is 1.00 e. The second-order valence-electron chi connectivity index (χ2n) is 22.6. The van der Waals surface area contributed by atoms with E-state index in [1.807, 2.05) is 24.3 Å². The number of β-amino-alcohol motifs (C(OH)–C–C–N with tert-alkyl or cyclic N) is 1.